The molecule has 27 heavy (non-hydrogen) atoms. The molecule has 6 heteroatoms. The number of rotatable bonds is 6. The summed E-state index contributed by atoms with van der Waals surface area (Å²) in [4.78, 5) is 19.3. The smallest absolute Gasteiger partial charge is 0.249 e. The zero-order valence-corrected chi connectivity index (χ0v) is 15.7. The van der Waals surface area contributed by atoms with Crippen LogP contribution in [0.25, 0.3) is 0 Å². The molecule has 1 atom stereocenters. The Labute approximate surface area is 159 Å². The zero-order valence-electron chi connectivity index (χ0n) is 15.7. The van der Waals surface area contributed by atoms with Gasteiger partial charge in [0, 0.05) is 32.1 Å². The molecule has 0 saturated carbocycles. The highest BCUT2D eigenvalue weighted by Gasteiger charge is 2.34. The summed E-state index contributed by atoms with van der Waals surface area (Å²) in [5, 5.41) is 4.20. The summed E-state index contributed by atoms with van der Waals surface area (Å²) >= 11 is 0. The summed E-state index contributed by atoms with van der Waals surface area (Å²) in [6, 6.07) is 10.3. The molecule has 3 heterocycles. The number of hydrogen-bond donors (Lipinski definition) is 0. The fourth-order valence-electron chi connectivity index (χ4n) is 4.06. The Balaban J connectivity index is 1.34. The van der Waals surface area contributed by atoms with Crippen molar-refractivity contribution < 1.29 is 14.1 Å². The topological polar surface area (TPSA) is 68.5 Å². The van der Waals surface area contributed by atoms with Crippen LogP contribution in [-0.2, 0) is 16.0 Å². The summed E-state index contributed by atoms with van der Waals surface area (Å²) in [7, 11) is 0. The van der Waals surface area contributed by atoms with E-state index in [4.69, 9.17) is 9.26 Å². The van der Waals surface area contributed by atoms with Gasteiger partial charge in [-0.05, 0) is 44.1 Å². The van der Waals surface area contributed by atoms with Crippen molar-refractivity contribution in [2.75, 3.05) is 19.8 Å². The summed E-state index contributed by atoms with van der Waals surface area (Å²) in [5.74, 6) is 1.88. The highest BCUT2D eigenvalue weighted by atomic mass is 16.5. The van der Waals surface area contributed by atoms with Gasteiger partial charge in [0.1, 0.15) is 6.04 Å². The maximum absolute atomic E-state index is 12.7. The average molecular weight is 369 g/mol. The predicted octanol–water partition coefficient (Wildman–Crippen LogP) is 3.65. The summed E-state index contributed by atoms with van der Waals surface area (Å²) in [6.07, 6.45) is 6.12. The molecular weight excluding hydrogens is 342 g/mol. The van der Waals surface area contributed by atoms with Crippen molar-refractivity contribution in [2.45, 2.75) is 56.9 Å². The van der Waals surface area contributed by atoms with E-state index in [2.05, 4.69) is 22.3 Å². The summed E-state index contributed by atoms with van der Waals surface area (Å²) in [5.41, 5.74) is 1.28. The van der Waals surface area contributed by atoms with Gasteiger partial charge in [0.05, 0.1) is 0 Å². The van der Waals surface area contributed by atoms with E-state index >= 15 is 0 Å². The van der Waals surface area contributed by atoms with Crippen LogP contribution in [0.4, 0.5) is 0 Å². The van der Waals surface area contributed by atoms with E-state index in [0.29, 0.717) is 18.2 Å². The Kier molecular flexibility index (Phi) is 5.82. The lowest BCUT2D eigenvalue weighted by molar-refractivity contribution is -0.132. The molecule has 2 aliphatic heterocycles. The van der Waals surface area contributed by atoms with E-state index in [-0.39, 0.29) is 11.9 Å². The van der Waals surface area contributed by atoms with Gasteiger partial charge in [-0.25, -0.2) is 0 Å². The van der Waals surface area contributed by atoms with E-state index in [9.17, 15) is 4.79 Å². The minimum atomic E-state index is -0.0599. The predicted molar refractivity (Wildman–Crippen MR) is 100 cm³/mol. The van der Waals surface area contributed by atoms with E-state index in [1.165, 1.54) is 5.56 Å². The van der Waals surface area contributed by atoms with Crippen LogP contribution in [0, 0.1) is 0 Å². The number of nitrogens with zero attached hydrogens (tertiary/aromatic N) is 3. The quantitative estimate of drug-likeness (QED) is 0.777. The zero-order chi connectivity index (χ0) is 18.5. The molecule has 0 bridgehead atoms. The summed E-state index contributed by atoms with van der Waals surface area (Å²) < 4.78 is 11.0. The van der Waals surface area contributed by atoms with Crippen molar-refractivity contribution >= 4 is 5.91 Å². The van der Waals surface area contributed by atoms with Gasteiger partial charge in [0.25, 0.3) is 0 Å². The average Bonchev–Trinajstić information content (AvgIpc) is 3.39. The Morgan fingerprint density at radius 2 is 1.96 bits per heavy atom. The monoisotopic (exact) mass is 369 g/mol. The van der Waals surface area contributed by atoms with Crippen molar-refractivity contribution in [3.8, 4) is 0 Å². The number of aromatic nitrogens is 2. The largest absolute Gasteiger partial charge is 0.381 e. The first-order chi connectivity index (χ1) is 13.3. The Morgan fingerprint density at radius 3 is 2.78 bits per heavy atom. The van der Waals surface area contributed by atoms with Gasteiger partial charge >= 0.3 is 0 Å². The second kappa shape index (κ2) is 8.65. The molecule has 0 aliphatic carbocycles. The van der Waals surface area contributed by atoms with Crippen molar-refractivity contribution in [1.29, 1.82) is 0 Å². The molecule has 2 aliphatic rings. The third-order valence-corrected chi connectivity index (χ3v) is 5.60. The van der Waals surface area contributed by atoms with Crippen LogP contribution in [0.2, 0.25) is 0 Å². The van der Waals surface area contributed by atoms with E-state index in [1.807, 2.05) is 23.1 Å². The van der Waals surface area contributed by atoms with Crippen LogP contribution in [0.1, 0.15) is 67.8 Å². The molecule has 6 nitrogen and oxygen atoms in total. The molecule has 2 saturated heterocycles. The molecule has 1 aromatic carbocycles. The molecule has 4 rings (SSSR count). The molecule has 0 N–H and O–H groups in total. The first-order valence-electron chi connectivity index (χ1n) is 10.1. The lowest BCUT2D eigenvalue weighted by Gasteiger charge is -2.22. The summed E-state index contributed by atoms with van der Waals surface area (Å²) in [6.45, 7) is 2.29. The van der Waals surface area contributed by atoms with Crippen LogP contribution >= 0.6 is 0 Å². The molecule has 0 spiro atoms. The van der Waals surface area contributed by atoms with Crippen molar-refractivity contribution in [2.24, 2.45) is 0 Å². The lowest BCUT2D eigenvalue weighted by Crippen LogP contribution is -2.30. The molecular formula is C21H27N3O3. The number of amides is 1. The van der Waals surface area contributed by atoms with Crippen LogP contribution in [-0.4, -0.2) is 40.7 Å². The second-order valence-electron chi connectivity index (χ2n) is 7.46. The van der Waals surface area contributed by atoms with Crippen LogP contribution in [0.3, 0.4) is 0 Å². The van der Waals surface area contributed by atoms with Gasteiger partial charge < -0.3 is 14.2 Å². The standard InChI is InChI=1S/C21H27N3O3/c25-19(10-4-8-16-6-2-1-3-7-16)24-13-5-9-18(24)21-22-20(23-27-21)17-11-14-26-15-12-17/h1-3,6-7,17-18H,4-5,8-15H2. The number of carbonyl (C=O) groups excluding carboxylic acids is 1. The first kappa shape index (κ1) is 18.2. The Bertz CT molecular complexity index is 740. The van der Waals surface area contributed by atoms with E-state index in [0.717, 1.165) is 64.1 Å². The molecule has 144 valence electrons. The van der Waals surface area contributed by atoms with Crippen LogP contribution in [0.5, 0.6) is 0 Å². The molecule has 1 aromatic heterocycles. The fourth-order valence-corrected chi connectivity index (χ4v) is 4.06. The Morgan fingerprint density at radius 1 is 1.15 bits per heavy atom. The Hall–Kier alpha value is -2.21. The maximum Gasteiger partial charge on any atom is 0.249 e. The SMILES string of the molecule is O=C(CCCc1ccccc1)N1CCCC1c1nc(C2CCOCC2)no1. The number of hydrogen-bond acceptors (Lipinski definition) is 5. The van der Waals surface area contributed by atoms with Crippen molar-refractivity contribution in [1.82, 2.24) is 15.0 Å². The molecule has 1 unspecified atom stereocenters. The number of aryl methyl sites for hydroxylation is 1. The maximum atomic E-state index is 12.7. The molecule has 1 amide bonds. The third kappa shape index (κ3) is 4.38. The number of likely N-dealkylation sites (tertiary alicyclic amines) is 1. The van der Waals surface area contributed by atoms with E-state index < -0.39 is 0 Å². The normalized spacial score (nSPS) is 20.9. The minimum Gasteiger partial charge on any atom is -0.381 e. The van der Waals surface area contributed by atoms with Gasteiger partial charge in [-0.3, -0.25) is 4.79 Å². The van der Waals surface area contributed by atoms with Crippen molar-refractivity contribution in [3.05, 3.63) is 47.6 Å². The lowest BCUT2D eigenvalue weighted by atomic mass is 10.00. The van der Waals surface area contributed by atoms with Gasteiger partial charge in [-0.15, -0.1) is 0 Å². The van der Waals surface area contributed by atoms with Crippen LogP contribution in [0.15, 0.2) is 34.9 Å². The van der Waals surface area contributed by atoms with Gasteiger partial charge in [0.15, 0.2) is 5.82 Å². The third-order valence-electron chi connectivity index (χ3n) is 5.60. The number of carbonyl (C=O) groups is 1. The minimum absolute atomic E-state index is 0.0599. The van der Waals surface area contributed by atoms with Gasteiger partial charge in [0.2, 0.25) is 11.8 Å². The molecule has 2 aromatic rings. The van der Waals surface area contributed by atoms with Gasteiger partial charge in [-0.2, -0.15) is 4.98 Å². The van der Waals surface area contributed by atoms with Gasteiger partial charge in [-0.1, -0.05) is 35.5 Å². The molecule has 2 fully saturated rings. The van der Waals surface area contributed by atoms with E-state index in [1.54, 1.807) is 0 Å². The van der Waals surface area contributed by atoms with Crippen LogP contribution < -0.4 is 0 Å². The fraction of sp³-hybridized carbons (Fsp3) is 0.571. The molecule has 0 radical (unpaired) electrons. The number of benzene rings is 1. The highest BCUT2D eigenvalue weighted by Crippen LogP contribution is 2.33. The highest BCUT2D eigenvalue weighted by molar-refractivity contribution is 5.76. The van der Waals surface area contributed by atoms with Crippen molar-refractivity contribution in [3.63, 3.8) is 0 Å². The first-order valence-corrected chi connectivity index (χ1v) is 10.1. The number of ether oxygens (including phenoxy) is 1. The second-order valence-corrected chi connectivity index (χ2v) is 7.46.